The van der Waals surface area contributed by atoms with E-state index in [-0.39, 0.29) is 6.10 Å². The molecular weight excluding hydrogens is 348 g/mol. The van der Waals surface area contributed by atoms with Crippen LogP contribution in [-0.4, -0.2) is 27.5 Å². The van der Waals surface area contributed by atoms with Crippen molar-refractivity contribution in [2.75, 3.05) is 0 Å². The lowest BCUT2D eigenvalue weighted by Gasteiger charge is -2.40. The van der Waals surface area contributed by atoms with Crippen LogP contribution >= 0.6 is 0 Å². The zero-order valence-corrected chi connectivity index (χ0v) is 16.8. The van der Waals surface area contributed by atoms with Crippen molar-refractivity contribution in [3.05, 3.63) is 59.2 Å². The Hall–Kier alpha value is -2.56. The monoisotopic (exact) mass is 378 g/mol. The summed E-state index contributed by atoms with van der Waals surface area (Å²) in [4.78, 5) is 2.14. The maximum atomic E-state index is 8.77. The minimum absolute atomic E-state index is 0.0389. The van der Waals surface area contributed by atoms with Gasteiger partial charge in [0.2, 0.25) is 5.96 Å². The molecule has 3 atom stereocenters. The predicted octanol–water partition coefficient (Wildman–Crippen LogP) is 4.47. The molecule has 0 radical (unpaired) electrons. The number of hydrogen-bond acceptors (Lipinski definition) is 3. The van der Waals surface area contributed by atoms with E-state index < -0.39 is 0 Å². The van der Waals surface area contributed by atoms with E-state index in [1.54, 1.807) is 10.6 Å². The summed E-state index contributed by atoms with van der Waals surface area (Å²) in [6.07, 6.45) is 8.47. The van der Waals surface area contributed by atoms with Gasteiger partial charge in [0.15, 0.2) is 0 Å². The first-order valence-electron chi connectivity index (χ1n) is 10.4. The number of hydrogen-bond donors (Lipinski definition) is 2. The number of benzene rings is 1. The molecule has 1 fully saturated rings. The largest absolute Gasteiger partial charge is 0.484 e. The molecule has 0 unspecified atom stereocenters. The molecule has 0 spiro atoms. The summed E-state index contributed by atoms with van der Waals surface area (Å²) in [5.74, 6) is 1.10. The minimum atomic E-state index is 0.0389. The van der Waals surface area contributed by atoms with E-state index in [1.165, 1.54) is 17.5 Å². The third-order valence-electron chi connectivity index (χ3n) is 6.18. The third kappa shape index (κ3) is 3.58. The molecule has 1 saturated heterocycles. The van der Waals surface area contributed by atoms with E-state index in [0.29, 0.717) is 23.5 Å². The van der Waals surface area contributed by atoms with Crippen LogP contribution < -0.4 is 10.2 Å². The van der Waals surface area contributed by atoms with Crippen molar-refractivity contribution in [1.82, 2.24) is 9.47 Å². The Morgan fingerprint density at radius 3 is 2.54 bits per heavy atom. The topological polar surface area (TPSA) is 65.1 Å². The van der Waals surface area contributed by atoms with Gasteiger partial charge in [0, 0.05) is 12.1 Å². The van der Waals surface area contributed by atoms with Crippen LogP contribution in [0.3, 0.4) is 0 Å². The van der Waals surface area contributed by atoms with Gasteiger partial charge in [0.1, 0.15) is 17.3 Å². The average Bonchev–Trinajstić information content (AvgIpc) is 2.69. The summed E-state index contributed by atoms with van der Waals surface area (Å²) in [5.41, 5.74) is 2.95. The smallest absolute Gasteiger partial charge is 0.204 e. The van der Waals surface area contributed by atoms with E-state index in [1.807, 2.05) is 12.3 Å². The molecule has 4 rings (SSSR count). The van der Waals surface area contributed by atoms with Crippen LogP contribution in [0.1, 0.15) is 63.2 Å². The van der Waals surface area contributed by atoms with E-state index in [0.717, 1.165) is 37.9 Å². The maximum Gasteiger partial charge on any atom is 0.204 e. The van der Waals surface area contributed by atoms with Crippen molar-refractivity contribution in [3.63, 3.8) is 0 Å². The van der Waals surface area contributed by atoms with Crippen molar-refractivity contribution in [2.24, 2.45) is 0 Å². The Morgan fingerprint density at radius 2 is 1.75 bits per heavy atom. The van der Waals surface area contributed by atoms with Gasteiger partial charge in [-0.1, -0.05) is 24.3 Å². The molecule has 1 aliphatic carbocycles. The molecule has 1 aliphatic heterocycles. The van der Waals surface area contributed by atoms with Crippen LogP contribution in [-0.2, 0) is 6.42 Å². The summed E-state index contributed by atoms with van der Waals surface area (Å²) in [5, 5.41) is 17.1. The highest BCUT2D eigenvalue weighted by Crippen LogP contribution is 2.33. The first-order chi connectivity index (χ1) is 13.5. The van der Waals surface area contributed by atoms with Gasteiger partial charge < -0.3 is 9.64 Å². The van der Waals surface area contributed by atoms with Gasteiger partial charge in [-0.15, -0.1) is 0 Å². The minimum Gasteiger partial charge on any atom is -0.484 e. The van der Waals surface area contributed by atoms with Gasteiger partial charge in [-0.3, -0.25) is 15.4 Å². The van der Waals surface area contributed by atoms with Crippen LogP contribution in [0, 0.1) is 10.8 Å². The second-order valence-electron chi connectivity index (χ2n) is 8.18. The highest BCUT2D eigenvalue weighted by atomic mass is 16.5. The predicted molar refractivity (Wildman–Crippen MR) is 111 cm³/mol. The number of nitrogens with one attached hydrogen (secondary N) is 2. The van der Waals surface area contributed by atoms with Crippen LogP contribution in [0.4, 0.5) is 0 Å². The quantitative estimate of drug-likeness (QED) is 0.598. The van der Waals surface area contributed by atoms with Crippen LogP contribution in [0.25, 0.3) is 0 Å². The summed E-state index contributed by atoms with van der Waals surface area (Å²) < 4.78 is 8.00. The van der Waals surface area contributed by atoms with Gasteiger partial charge >= 0.3 is 0 Å². The maximum absolute atomic E-state index is 8.77. The van der Waals surface area contributed by atoms with E-state index in [9.17, 15) is 0 Å². The summed E-state index contributed by atoms with van der Waals surface area (Å²) in [6, 6.07) is 12.7. The summed E-state index contributed by atoms with van der Waals surface area (Å²) in [7, 11) is 0. The molecule has 28 heavy (non-hydrogen) atoms. The Balaban J connectivity index is 1.60. The van der Waals surface area contributed by atoms with Gasteiger partial charge in [-0.2, -0.15) is 0 Å². The molecule has 0 amide bonds. The van der Waals surface area contributed by atoms with Crippen molar-refractivity contribution in [3.8, 4) is 5.75 Å². The van der Waals surface area contributed by atoms with E-state index >= 15 is 0 Å². The number of piperidine rings is 1. The fourth-order valence-electron chi connectivity index (χ4n) is 4.69. The molecule has 148 valence electrons. The number of fused-ring (bicyclic) bond motifs is 1. The normalized spacial score (nSPS) is 24.5. The Kier molecular flexibility index (Phi) is 5.25. The molecule has 5 heteroatoms. The van der Waals surface area contributed by atoms with Crippen molar-refractivity contribution >= 4 is 5.96 Å². The zero-order valence-electron chi connectivity index (χ0n) is 16.8. The molecule has 1 aromatic heterocycles. The molecule has 2 heterocycles. The fraction of sp³-hybridized carbons (Fsp3) is 0.478. The van der Waals surface area contributed by atoms with Crippen LogP contribution in [0.15, 0.2) is 42.6 Å². The Bertz CT molecular complexity index is 909. The lowest BCUT2D eigenvalue weighted by molar-refractivity contribution is 0.178. The Labute approximate surface area is 167 Å². The number of likely N-dealkylation sites (tertiary alicyclic amines) is 1. The van der Waals surface area contributed by atoms with Gasteiger partial charge in [-0.25, -0.2) is 0 Å². The SMILES string of the molecule is C[C@@H]1CCC[C@H](C)N1C(=N)n1cc(O[C@@H]2CCCc3ccccc32)ccc1=N. The molecule has 2 aliphatic rings. The molecule has 1 aromatic carbocycles. The molecule has 0 bridgehead atoms. The van der Waals surface area contributed by atoms with Crippen molar-refractivity contribution in [2.45, 2.75) is 70.6 Å². The fourth-order valence-corrected chi connectivity index (χ4v) is 4.69. The van der Waals surface area contributed by atoms with E-state index in [2.05, 4.69) is 43.0 Å². The highest BCUT2D eigenvalue weighted by Gasteiger charge is 2.28. The standard InChI is InChI=1S/C23H30N4O/c1-16-7-5-8-17(2)27(16)23(25)26-15-19(13-14-22(26)24)28-21-12-6-10-18-9-3-4-11-20(18)21/h3-4,9,11,13-17,21,24-25H,5-8,10,12H2,1-2H3/t16-,17+,21-/m1/s1. The zero-order chi connectivity index (χ0) is 19.7. The van der Waals surface area contributed by atoms with Crippen LogP contribution in [0.2, 0.25) is 0 Å². The first-order valence-corrected chi connectivity index (χ1v) is 10.4. The number of pyridine rings is 1. The van der Waals surface area contributed by atoms with Gasteiger partial charge in [0.05, 0.1) is 6.20 Å². The lowest BCUT2D eigenvalue weighted by atomic mass is 9.89. The number of nitrogens with zero attached hydrogens (tertiary/aromatic N) is 2. The van der Waals surface area contributed by atoms with Gasteiger partial charge in [0.25, 0.3) is 0 Å². The van der Waals surface area contributed by atoms with Crippen LogP contribution in [0.5, 0.6) is 5.75 Å². The number of rotatable bonds is 2. The summed E-state index contributed by atoms with van der Waals surface area (Å²) in [6.45, 7) is 4.35. The molecule has 0 saturated carbocycles. The number of aryl methyl sites for hydroxylation is 1. The second-order valence-corrected chi connectivity index (χ2v) is 8.18. The van der Waals surface area contributed by atoms with Gasteiger partial charge in [-0.05, 0) is 75.6 Å². The molecule has 2 aromatic rings. The lowest BCUT2D eigenvalue weighted by Crippen LogP contribution is -2.51. The number of ether oxygens (including phenoxy) is 1. The average molecular weight is 379 g/mol. The van der Waals surface area contributed by atoms with Crippen molar-refractivity contribution in [1.29, 1.82) is 10.8 Å². The molecular formula is C23H30N4O. The Morgan fingerprint density at radius 1 is 1.00 bits per heavy atom. The second kappa shape index (κ2) is 7.82. The first kappa shape index (κ1) is 18.8. The van der Waals surface area contributed by atoms with Crippen molar-refractivity contribution < 1.29 is 4.74 Å². The molecule has 5 nitrogen and oxygen atoms in total. The highest BCUT2D eigenvalue weighted by molar-refractivity contribution is 5.80. The third-order valence-corrected chi connectivity index (χ3v) is 6.18. The summed E-state index contributed by atoms with van der Waals surface area (Å²) >= 11 is 0. The molecule has 2 N–H and O–H groups in total. The van der Waals surface area contributed by atoms with E-state index in [4.69, 9.17) is 15.6 Å². The number of aromatic nitrogens is 1.